The third-order valence-electron chi connectivity index (χ3n) is 8.19. The number of hydrogen-bond donors (Lipinski definition) is 2. The Morgan fingerprint density at radius 2 is 2.03 bits per heavy atom. The van der Waals surface area contributed by atoms with E-state index in [1.807, 2.05) is 37.3 Å². The highest BCUT2D eigenvalue weighted by molar-refractivity contribution is 7.21. The summed E-state index contributed by atoms with van der Waals surface area (Å²) >= 11 is 1.50. The van der Waals surface area contributed by atoms with E-state index in [4.69, 9.17) is 4.42 Å². The Hall–Kier alpha value is -2.70. The van der Waals surface area contributed by atoms with Crippen LogP contribution < -0.4 is 10.3 Å². The molecule has 0 amide bonds. The normalized spacial score (nSPS) is 25.5. The summed E-state index contributed by atoms with van der Waals surface area (Å²) in [6.07, 6.45) is 5.85. The number of para-hydroxylation sites is 1. The van der Waals surface area contributed by atoms with Crippen LogP contribution in [0.15, 0.2) is 45.8 Å². The van der Waals surface area contributed by atoms with Crippen LogP contribution in [-0.2, 0) is 13.0 Å². The standard InChI is InChI=1S/C29H32N2O3S/c1-5-17-10-19-25(33)21(27-30-22-8-6-7-9-23(22)35-27)14-34-26(19)20(24(17)32)13-31-16-29(4)12-18(31)11-28(2,3)15-29/h6-10,14,18,32H,5,11-13,15-16H2,1-4H3/p+1/t18-,29-/m0/s1. The Morgan fingerprint density at radius 1 is 1.23 bits per heavy atom. The number of nitrogens with zero attached hydrogens (tertiary/aromatic N) is 1. The largest absolute Gasteiger partial charge is 0.507 e. The topological polar surface area (TPSA) is 67.8 Å². The van der Waals surface area contributed by atoms with Crippen LogP contribution in [0.1, 0.15) is 58.1 Å². The fourth-order valence-electron chi connectivity index (χ4n) is 7.14. The summed E-state index contributed by atoms with van der Waals surface area (Å²) in [5.41, 5.74) is 4.05. The van der Waals surface area contributed by atoms with Gasteiger partial charge in [0.05, 0.1) is 39.3 Å². The maximum absolute atomic E-state index is 13.7. The second kappa shape index (κ2) is 7.90. The molecule has 3 heterocycles. The first-order chi connectivity index (χ1) is 16.7. The Kier molecular flexibility index (Phi) is 5.14. The molecule has 6 rings (SSSR count). The smallest absolute Gasteiger partial charge is 0.202 e. The molecule has 1 aliphatic carbocycles. The summed E-state index contributed by atoms with van der Waals surface area (Å²) in [6.45, 7) is 11.0. The highest BCUT2D eigenvalue weighted by atomic mass is 32.1. The van der Waals surface area contributed by atoms with Crippen molar-refractivity contribution < 1.29 is 14.4 Å². The zero-order chi connectivity index (χ0) is 24.5. The van der Waals surface area contributed by atoms with Crippen molar-refractivity contribution in [1.82, 2.24) is 4.98 Å². The van der Waals surface area contributed by atoms with E-state index in [2.05, 4.69) is 25.8 Å². The van der Waals surface area contributed by atoms with E-state index in [9.17, 15) is 9.90 Å². The number of phenolic OH excluding ortho intramolecular Hbond substituents is 1. The molecule has 1 unspecified atom stereocenters. The zero-order valence-electron chi connectivity index (χ0n) is 20.9. The molecule has 2 fully saturated rings. The number of quaternary nitrogens is 1. The molecule has 2 N–H and O–H groups in total. The van der Waals surface area contributed by atoms with E-state index in [-0.39, 0.29) is 11.2 Å². The molecule has 2 bridgehead atoms. The minimum atomic E-state index is -0.0792. The van der Waals surface area contributed by atoms with Gasteiger partial charge in [-0.05, 0) is 42.0 Å². The van der Waals surface area contributed by atoms with Crippen LogP contribution in [0.3, 0.4) is 0 Å². The van der Waals surface area contributed by atoms with Gasteiger partial charge in [-0.2, -0.15) is 0 Å². The number of nitrogens with one attached hydrogen (secondary N) is 1. The Morgan fingerprint density at radius 3 is 2.80 bits per heavy atom. The lowest BCUT2D eigenvalue weighted by Gasteiger charge is -2.37. The molecule has 6 heteroatoms. The van der Waals surface area contributed by atoms with Crippen molar-refractivity contribution in [3.05, 3.63) is 57.9 Å². The van der Waals surface area contributed by atoms with Crippen LogP contribution in [0.2, 0.25) is 0 Å². The summed E-state index contributed by atoms with van der Waals surface area (Å²) in [4.78, 5) is 19.9. The number of likely N-dealkylation sites (tertiary alicyclic amines) is 1. The molecule has 2 aromatic carbocycles. The lowest BCUT2D eigenvalue weighted by atomic mass is 9.65. The van der Waals surface area contributed by atoms with Gasteiger partial charge in [0.1, 0.15) is 29.1 Å². The van der Waals surface area contributed by atoms with Gasteiger partial charge in [-0.15, -0.1) is 11.3 Å². The number of rotatable bonds is 4. The van der Waals surface area contributed by atoms with Gasteiger partial charge in [-0.25, -0.2) is 4.98 Å². The van der Waals surface area contributed by atoms with Crippen molar-refractivity contribution in [1.29, 1.82) is 0 Å². The average Bonchev–Trinajstić information content (AvgIpc) is 3.32. The predicted octanol–water partition coefficient (Wildman–Crippen LogP) is 5.32. The van der Waals surface area contributed by atoms with Gasteiger partial charge in [0.2, 0.25) is 5.43 Å². The van der Waals surface area contributed by atoms with Gasteiger partial charge < -0.3 is 14.4 Å². The number of benzene rings is 2. The Balaban J connectivity index is 1.46. The molecule has 5 nitrogen and oxygen atoms in total. The summed E-state index contributed by atoms with van der Waals surface area (Å²) in [7, 11) is 0. The molecule has 0 radical (unpaired) electrons. The van der Waals surface area contributed by atoms with E-state index >= 15 is 0 Å². The number of aromatic nitrogens is 1. The van der Waals surface area contributed by atoms with Gasteiger partial charge in [0.15, 0.2) is 0 Å². The number of aromatic hydroxyl groups is 1. The van der Waals surface area contributed by atoms with Gasteiger partial charge in [-0.3, -0.25) is 4.79 Å². The first-order valence-corrected chi connectivity index (χ1v) is 13.5. The lowest BCUT2D eigenvalue weighted by Crippen LogP contribution is -3.12. The van der Waals surface area contributed by atoms with Crippen molar-refractivity contribution in [3.8, 4) is 16.3 Å². The zero-order valence-corrected chi connectivity index (χ0v) is 21.7. The number of thiazole rings is 1. The molecule has 0 spiro atoms. The molecule has 182 valence electrons. The number of fused-ring (bicyclic) bond motifs is 4. The van der Waals surface area contributed by atoms with Crippen LogP contribution in [0.5, 0.6) is 5.75 Å². The minimum Gasteiger partial charge on any atom is -0.507 e. The van der Waals surface area contributed by atoms with Crippen LogP contribution >= 0.6 is 11.3 Å². The molecule has 2 aliphatic rings. The third-order valence-corrected chi connectivity index (χ3v) is 9.26. The van der Waals surface area contributed by atoms with E-state index in [0.717, 1.165) is 27.9 Å². The maximum Gasteiger partial charge on any atom is 0.202 e. The molecule has 2 aromatic heterocycles. The highest BCUT2D eigenvalue weighted by Gasteiger charge is 2.52. The fourth-order valence-corrected chi connectivity index (χ4v) is 8.11. The molecule has 35 heavy (non-hydrogen) atoms. The number of aryl methyl sites for hydroxylation is 1. The Labute approximate surface area is 209 Å². The van der Waals surface area contributed by atoms with Gasteiger partial charge in [0.25, 0.3) is 0 Å². The highest BCUT2D eigenvalue weighted by Crippen LogP contribution is 2.47. The quantitative estimate of drug-likeness (QED) is 0.407. The van der Waals surface area contributed by atoms with Gasteiger partial charge >= 0.3 is 0 Å². The van der Waals surface area contributed by atoms with Crippen LogP contribution in [0.4, 0.5) is 0 Å². The van der Waals surface area contributed by atoms with Crippen LogP contribution in [-0.4, -0.2) is 22.7 Å². The summed E-state index contributed by atoms with van der Waals surface area (Å²) in [5.74, 6) is 0.286. The lowest BCUT2D eigenvalue weighted by molar-refractivity contribution is -0.928. The first-order valence-electron chi connectivity index (χ1n) is 12.7. The molecule has 4 aromatic rings. The van der Waals surface area contributed by atoms with Crippen molar-refractivity contribution in [2.24, 2.45) is 10.8 Å². The van der Waals surface area contributed by atoms with Crippen molar-refractivity contribution >= 4 is 32.5 Å². The maximum atomic E-state index is 13.7. The van der Waals surface area contributed by atoms with Crippen molar-refractivity contribution in [3.63, 3.8) is 0 Å². The predicted molar refractivity (Wildman–Crippen MR) is 141 cm³/mol. The van der Waals surface area contributed by atoms with Gasteiger partial charge in [-0.1, -0.05) is 39.8 Å². The van der Waals surface area contributed by atoms with Crippen LogP contribution in [0.25, 0.3) is 31.8 Å². The molecule has 3 atom stereocenters. The van der Waals surface area contributed by atoms with Crippen molar-refractivity contribution in [2.75, 3.05) is 6.54 Å². The molecular weight excluding hydrogens is 456 g/mol. The minimum absolute atomic E-state index is 0.0792. The van der Waals surface area contributed by atoms with Gasteiger partial charge in [0, 0.05) is 18.3 Å². The SMILES string of the molecule is CCc1cc2c(=O)c(-c3nc4ccccc4s3)coc2c(C[NH+]2C[C@@]3(C)C[C@@H]2CC(C)(C)C3)c1O. The monoisotopic (exact) mass is 489 g/mol. The molecule has 1 saturated carbocycles. The summed E-state index contributed by atoms with van der Waals surface area (Å²) in [6, 6.07) is 10.3. The molecule has 1 aliphatic heterocycles. The van der Waals surface area contributed by atoms with E-state index in [1.54, 1.807) is 6.26 Å². The summed E-state index contributed by atoms with van der Waals surface area (Å²) < 4.78 is 7.21. The Bertz CT molecular complexity index is 1480. The third kappa shape index (κ3) is 3.78. The second-order valence-electron chi connectivity index (χ2n) is 11.8. The van der Waals surface area contributed by atoms with Crippen LogP contribution in [0, 0.1) is 10.8 Å². The molecule has 1 saturated heterocycles. The molecular formula is C29H33N2O3S+. The average molecular weight is 490 g/mol. The fraction of sp³-hybridized carbons (Fsp3) is 0.448. The number of phenols is 1. The second-order valence-corrected chi connectivity index (χ2v) is 12.9. The summed E-state index contributed by atoms with van der Waals surface area (Å²) in [5, 5.41) is 12.5. The van der Waals surface area contributed by atoms with E-state index in [0.29, 0.717) is 51.4 Å². The van der Waals surface area contributed by atoms with Crippen molar-refractivity contribution in [2.45, 2.75) is 66.0 Å². The first kappa shape index (κ1) is 22.7. The van der Waals surface area contributed by atoms with E-state index < -0.39 is 0 Å². The van der Waals surface area contributed by atoms with E-state index in [1.165, 1.54) is 35.5 Å². The number of hydrogen-bond acceptors (Lipinski definition) is 5.